The molecule has 1 fully saturated rings. The summed E-state index contributed by atoms with van der Waals surface area (Å²) in [5.41, 5.74) is 2.58. The Kier molecular flexibility index (Phi) is 3.47. The van der Waals surface area contributed by atoms with E-state index < -0.39 is 0 Å². The van der Waals surface area contributed by atoms with E-state index >= 15 is 0 Å². The van der Waals surface area contributed by atoms with Crippen molar-refractivity contribution in [2.24, 2.45) is 5.84 Å². The Hall–Kier alpha value is -1.86. The van der Waals surface area contributed by atoms with Crippen LogP contribution in [0, 0.1) is 0 Å². The second-order valence-electron chi connectivity index (χ2n) is 4.31. The standard InChI is InChI=1S/C12H16N6S/c13-16-10-2-1-3-11(15-10)17-5-7-18(8-6-17)12-14-4-9-19-12/h1-4,9H,5-8,13H2,(H,15,16). The van der Waals surface area contributed by atoms with Crippen LogP contribution >= 0.6 is 11.3 Å². The van der Waals surface area contributed by atoms with Gasteiger partial charge in [-0.1, -0.05) is 6.07 Å². The van der Waals surface area contributed by atoms with Gasteiger partial charge in [-0.25, -0.2) is 15.8 Å². The zero-order chi connectivity index (χ0) is 13.1. The fourth-order valence-corrected chi connectivity index (χ4v) is 2.88. The molecule has 19 heavy (non-hydrogen) atoms. The summed E-state index contributed by atoms with van der Waals surface area (Å²) in [6, 6.07) is 5.83. The van der Waals surface area contributed by atoms with E-state index in [9.17, 15) is 0 Å². The molecule has 2 aromatic heterocycles. The monoisotopic (exact) mass is 276 g/mol. The van der Waals surface area contributed by atoms with E-state index in [1.807, 2.05) is 29.8 Å². The van der Waals surface area contributed by atoms with Gasteiger partial charge in [0, 0.05) is 37.8 Å². The Morgan fingerprint density at radius 2 is 1.95 bits per heavy atom. The molecule has 100 valence electrons. The zero-order valence-electron chi connectivity index (χ0n) is 10.5. The van der Waals surface area contributed by atoms with Crippen molar-refractivity contribution in [3.63, 3.8) is 0 Å². The quantitative estimate of drug-likeness (QED) is 0.647. The topological polar surface area (TPSA) is 70.3 Å². The van der Waals surface area contributed by atoms with Crippen molar-refractivity contribution in [3.8, 4) is 0 Å². The van der Waals surface area contributed by atoms with Crippen LogP contribution in [0.15, 0.2) is 29.8 Å². The molecule has 0 aromatic carbocycles. The van der Waals surface area contributed by atoms with Crippen LogP contribution in [0.2, 0.25) is 0 Å². The third-order valence-corrected chi connectivity index (χ3v) is 4.01. The number of nitrogens with two attached hydrogens (primary N) is 1. The maximum absolute atomic E-state index is 5.39. The molecule has 7 heteroatoms. The smallest absolute Gasteiger partial charge is 0.185 e. The lowest BCUT2D eigenvalue weighted by Crippen LogP contribution is -2.46. The molecule has 1 aliphatic heterocycles. The molecular weight excluding hydrogens is 260 g/mol. The molecule has 6 nitrogen and oxygen atoms in total. The average molecular weight is 276 g/mol. The summed E-state index contributed by atoms with van der Waals surface area (Å²) in [7, 11) is 0. The van der Waals surface area contributed by atoms with Gasteiger partial charge in [0.1, 0.15) is 11.6 Å². The molecule has 0 aliphatic carbocycles. The zero-order valence-corrected chi connectivity index (χ0v) is 11.3. The van der Waals surface area contributed by atoms with Crippen molar-refractivity contribution < 1.29 is 0 Å². The van der Waals surface area contributed by atoms with Crippen LogP contribution in [0.25, 0.3) is 0 Å². The van der Waals surface area contributed by atoms with Crippen LogP contribution in [0.1, 0.15) is 0 Å². The number of anilines is 3. The van der Waals surface area contributed by atoms with Gasteiger partial charge in [0.05, 0.1) is 0 Å². The van der Waals surface area contributed by atoms with Gasteiger partial charge in [-0.15, -0.1) is 11.3 Å². The first kappa shape index (κ1) is 12.2. The summed E-state index contributed by atoms with van der Waals surface area (Å²) >= 11 is 1.69. The number of piperazine rings is 1. The largest absolute Gasteiger partial charge is 0.353 e. The Balaban J connectivity index is 1.66. The Morgan fingerprint density at radius 3 is 2.63 bits per heavy atom. The molecule has 1 aliphatic rings. The first-order chi connectivity index (χ1) is 9.36. The van der Waals surface area contributed by atoms with Crippen LogP contribution in [-0.4, -0.2) is 36.1 Å². The molecule has 3 rings (SSSR count). The predicted octanol–water partition coefficient (Wildman–Crippen LogP) is 1.15. The minimum atomic E-state index is 0.694. The SMILES string of the molecule is NNc1cccc(N2CCN(c3nccs3)CC2)n1. The predicted molar refractivity (Wildman–Crippen MR) is 78.6 cm³/mol. The van der Waals surface area contributed by atoms with Gasteiger partial charge in [0.15, 0.2) is 5.13 Å². The first-order valence-corrected chi connectivity index (χ1v) is 7.08. The van der Waals surface area contributed by atoms with Gasteiger partial charge in [0.25, 0.3) is 0 Å². The molecule has 3 N–H and O–H groups in total. The summed E-state index contributed by atoms with van der Waals surface area (Å²) in [4.78, 5) is 13.4. The normalized spacial score (nSPS) is 15.6. The Labute approximate surface area is 115 Å². The average Bonchev–Trinajstić information content (AvgIpc) is 3.02. The number of rotatable bonds is 3. The number of aromatic nitrogens is 2. The molecule has 0 radical (unpaired) electrons. The molecule has 2 aromatic rings. The highest BCUT2D eigenvalue weighted by Gasteiger charge is 2.19. The van der Waals surface area contributed by atoms with Crippen LogP contribution in [0.3, 0.4) is 0 Å². The highest BCUT2D eigenvalue weighted by molar-refractivity contribution is 7.13. The lowest BCUT2D eigenvalue weighted by Gasteiger charge is -2.35. The second kappa shape index (κ2) is 5.41. The minimum Gasteiger partial charge on any atom is -0.353 e. The Bertz CT molecular complexity index is 521. The van der Waals surface area contributed by atoms with Gasteiger partial charge in [0.2, 0.25) is 0 Å². The lowest BCUT2D eigenvalue weighted by atomic mass is 10.3. The van der Waals surface area contributed by atoms with Crippen molar-refractivity contribution >= 4 is 28.1 Å². The summed E-state index contributed by atoms with van der Waals surface area (Å²) in [5.74, 6) is 7.05. The van der Waals surface area contributed by atoms with E-state index in [0.29, 0.717) is 5.82 Å². The van der Waals surface area contributed by atoms with Gasteiger partial charge < -0.3 is 15.2 Å². The van der Waals surface area contributed by atoms with Gasteiger partial charge in [-0.2, -0.15) is 0 Å². The fourth-order valence-electron chi connectivity index (χ4n) is 2.18. The van der Waals surface area contributed by atoms with Gasteiger partial charge in [-0.3, -0.25) is 0 Å². The van der Waals surface area contributed by atoms with E-state index in [1.54, 1.807) is 11.3 Å². The molecule has 1 saturated heterocycles. The number of thiazole rings is 1. The third kappa shape index (κ3) is 2.61. The van der Waals surface area contributed by atoms with Crippen molar-refractivity contribution in [2.45, 2.75) is 0 Å². The number of hydrogen-bond acceptors (Lipinski definition) is 7. The third-order valence-electron chi connectivity index (χ3n) is 3.18. The highest BCUT2D eigenvalue weighted by atomic mass is 32.1. The van der Waals surface area contributed by atoms with Gasteiger partial charge in [-0.05, 0) is 12.1 Å². The summed E-state index contributed by atoms with van der Waals surface area (Å²) in [6.07, 6.45) is 1.85. The van der Waals surface area contributed by atoms with Crippen LogP contribution < -0.4 is 21.1 Å². The molecule has 0 atom stereocenters. The van der Waals surface area contributed by atoms with Gasteiger partial charge >= 0.3 is 0 Å². The maximum atomic E-state index is 5.39. The van der Waals surface area contributed by atoms with Crippen molar-refractivity contribution in [1.82, 2.24) is 9.97 Å². The van der Waals surface area contributed by atoms with Crippen LogP contribution in [0.5, 0.6) is 0 Å². The van der Waals surface area contributed by atoms with E-state index in [-0.39, 0.29) is 0 Å². The molecule has 0 saturated carbocycles. The lowest BCUT2D eigenvalue weighted by molar-refractivity contribution is 0.646. The number of nitrogens with one attached hydrogen (secondary N) is 1. The number of nitrogens with zero attached hydrogens (tertiary/aromatic N) is 4. The summed E-state index contributed by atoms with van der Waals surface area (Å²) < 4.78 is 0. The van der Waals surface area contributed by atoms with Crippen LogP contribution in [-0.2, 0) is 0 Å². The van der Waals surface area contributed by atoms with E-state index in [0.717, 1.165) is 37.1 Å². The first-order valence-electron chi connectivity index (χ1n) is 6.20. The van der Waals surface area contributed by atoms with Crippen molar-refractivity contribution in [3.05, 3.63) is 29.8 Å². The Morgan fingerprint density at radius 1 is 1.16 bits per heavy atom. The number of hydrazine groups is 1. The number of hydrogen-bond donors (Lipinski definition) is 2. The van der Waals surface area contributed by atoms with Crippen molar-refractivity contribution in [1.29, 1.82) is 0 Å². The van der Waals surface area contributed by atoms with E-state index in [4.69, 9.17) is 5.84 Å². The molecular formula is C12H16N6S. The molecule has 0 spiro atoms. The van der Waals surface area contributed by atoms with E-state index in [1.165, 1.54) is 0 Å². The molecule has 3 heterocycles. The fraction of sp³-hybridized carbons (Fsp3) is 0.333. The minimum absolute atomic E-state index is 0.694. The summed E-state index contributed by atoms with van der Waals surface area (Å²) in [6.45, 7) is 3.83. The van der Waals surface area contributed by atoms with E-state index in [2.05, 4.69) is 25.2 Å². The molecule has 0 bridgehead atoms. The highest BCUT2D eigenvalue weighted by Crippen LogP contribution is 2.21. The second-order valence-corrected chi connectivity index (χ2v) is 5.19. The number of nitrogen functional groups attached to an aromatic ring is 1. The summed E-state index contributed by atoms with van der Waals surface area (Å²) in [5, 5.41) is 3.12. The molecule has 0 unspecified atom stereocenters. The van der Waals surface area contributed by atoms with Crippen LogP contribution in [0.4, 0.5) is 16.8 Å². The molecule has 0 amide bonds. The number of pyridine rings is 1. The van der Waals surface area contributed by atoms with Crippen molar-refractivity contribution in [2.75, 3.05) is 41.4 Å². The maximum Gasteiger partial charge on any atom is 0.185 e.